The van der Waals surface area contributed by atoms with Crippen molar-refractivity contribution in [3.63, 3.8) is 0 Å². The molecule has 3 aromatic rings. The summed E-state index contributed by atoms with van der Waals surface area (Å²) in [7, 11) is 3.22. The summed E-state index contributed by atoms with van der Waals surface area (Å²) >= 11 is 1.14. The van der Waals surface area contributed by atoms with Crippen molar-refractivity contribution < 1.29 is 9.18 Å². The first kappa shape index (κ1) is 18.9. The predicted molar refractivity (Wildman–Crippen MR) is 102 cm³/mol. The molecule has 0 fully saturated rings. The van der Waals surface area contributed by atoms with Crippen molar-refractivity contribution >= 4 is 34.5 Å². The molecule has 0 saturated carbocycles. The molecular weight excluding hydrogens is 373 g/mol. The molecule has 1 aromatic carbocycles. The van der Waals surface area contributed by atoms with Crippen molar-refractivity contribution in [2.45, 2.75) is 18.6 Å². The normalized spacial score (nSPS) is 11.1. The van der Waals surface area contributed by atoms with Crippen LogP contribution in [0.25, 0.3) is 11.2 Å². The summed E-state index contributed by atoms with van der Waals surface area (Å²) in [6.45, 7) is 1.98. The predicted octanol–water partition coefficient (Wildman–Crippen LogP) is 1.32. The molecule has 1 amide bonds. The van der Waals surface area contributed by atoms with Crippen molar-refractivity contribution in [3.8, 4) is 0 Å². The zero-order valence-electron chi connectivity index (χ0n) is 15.0. The van der Waals surface area contributed by atoms with Crippen LogP contribution in [-0.2, 0) is 25.4 Å². The van der Waals surface area contributed by atoms with Crippen LogP contribution in [0.2, 0.25) is 0 Å². The summed E-state index contributed by atoms with van der Waals surface area (Å²) in [5.41, 5.74) is 0.228. The number of thioether (sulfide) groups is 1. The lowest BCUT2D eigenvalue weighted by Crippen LogP contribution is -2.39. The number of aromatic nitrogens is 4. The molecule has 10 heteroatoms. The van der Waals surface area contributed by atoms with E-state index < -0.39 is 11.2 Å². The molecule has 0 bridgehead atoms. The molecular formula is C17H18FN5O3S. The topological polar surface area (TPSA) is 90.9 Å². The van der Waals surface area contributed by atoms with Gasteiger partial charge in [-0.1, -0.05) is 11.8 Å². The lowest BCUT2D eigenvalue weighted by Gasteiger charge is -2.06. The molecule has 0 radical (unpaired) electrons. The average Bonchev–Trinajstić information content (AvgIpc) is 2.97. The lowest BCUT2D eigenvalue weighted by atomic mass is 10.3. The Morgan fingerprint density at radius 1 is 1.19 bits per heavy atom. The van der Waals surface area contributed by atoms with Crippen LogP contribution in [-0.4, -0.2) is 30.3 Å². The molecule has 3 rings (SSSR count). The lowest BCUT2D eigenvalue weighted by molar-refractivity contribution is -0.113. The fourth-order valence-electron chi connectivity index (χ4n) is 2.69. The molecule has 2 aromatic heterocycles. The van der Waals surface area contributed by atoms with Crippen LogP contribution in [0.3, 0.4) is 0 Å². The first-order valence-corrected chi connectivity index (χ1v) is 9.16. The van der Waals surface area contributed by atoms with Crippen molar-refractivity contribution in [2.24, 2.45) is 14.1 Å². The van der Waals surface area contributed by atoms with Gasteiger partial charge in [0.15, 0.2) is 16.3 Å². The molecule has 0 atom stereocenters. The number of rotatable bonds is 5. The quantitative estimate of drug-likeness (QED) is 0.663. The molecule has 27 heavy (non-hydrogen) atoms. The fourth-order valence-corrected chi connectivity index (χ4v) is 3.46. The zero-order valence-corrected chi connectivity index (χ0v) is 15.8. The van der Waals surface area contributed by atoms with E-state index in [-0.39, 0.29) is 29.7 Å². The Labute approximate surface area is 157 Å². The van der Waals surface area contributed by atoms with Crippen molar-refractivity contribution in [1.29, 1.82) is 0 Å². The van der Waals surface area contributed by atoms with Gasteiger partial charge in [0.1, 0.15) is 5.82 Å². The summed E-state index contributed by atoms with van der Waals surface area (Å²) in [6, 6.07) is 5.45. The van der Waals surface area contributed by atoms with Crippen molar-refractivity contribution in [3.05, 3.63) is 50.9 Å². The van der Waals surface area contributed by atoms with Crippen LogP contribution in [0.4, 0.5) is 10.1 Å². The van der Waals surface area contributed by atoms with Crippen LogP contribution in [0.15, 0.2) is 39.0 Å². The second-order valence-corrected chi connectivity index (χ2v) is 6.80. The minimum atomic E-state index is -0.432. The number of amides is 1. The SMILES string of the molecule is CCn1c(=O)c2c(nc(SCC(=O)Nc3ccc(F)cc3)n2C)n(C)c1=O. The van der Waals surface area contributed by atoms with E-state index in [0.717, 1.165) is 16.3 Å². The molecule has 0 spiro atoms. The van der Waals surface area contributed by atoms with E-state index in [1.54, 1.807) is 25.6 Å². The maximum atomic E-state index is 12.9. The second kappa shape index (κ2) is 7.39. The molecule has 0 saturated heterocycles. The number of carbonyl (C=O) groups is 1. The van der Waals surface area contributed by atoms with Gasteiger partial charge in [-0.3, -0.25) is 18.7 Å². The summed E-state index contributed by atoms with van der Waals surface area (Å²) in [5, 5.41) is 3.10. The summed E-state index contributed by atoms with van der Waals surface area (Å²) in [5.74, 6) is -0.631. The smallest absolute Gasteiger partial charge is 0.325 e. The minimum Gasteiger partial charge on any atom is -0.325 e. The number of hydrogen-bond acceptors (Lipinski definition) is 5. The van der Waals surface area contributed by atoms with Gasteiger partial charge in [-0.2, -0.15) is 0 Å². The number of halogens is 1. The van der Waals surface area contributed by atoms with Crippen molar-refractivity contribution in [1.82, 2.24) is 18.7 Å². The molecule has 1 N–H and O–H groups in total. The number of carbonyl (C=O) groups excluding carboxylic acids is 1. The number of benzene rings is 1. The molecule has 0 aliphatic carbocycles. The van der Waals surface area contributed by atoms with Gasteiger partial charge in [-0.05, 0) is 31.2 Å². The third-order valence-corrected chi connectivity index (χ3v) is 5.13. The Bertz CT molecular complexity index is 1130. The molecule has 0 unspecified atom stereocenters. The third-order valence-electron chi connectivity index (χ3n) is 4.10. The summed E-state index contributed by atoms with van der Waals surface area (Å²) in [6.07, 6.45) is 0. The van der Waals surface area contributed by atoms with Crippen LogP contribution in [0.1, 0.15) is 6.92 Å². The number of fused-ring (bicyclic) bond motifs is 1. The third kappa shape index (κ3) is 3.52. The summed E-state index contributed by atoms with van der Waals surface area (Å²) < 4.78 is 17.0. The van der Waals surface area contributed by atoms with Gasteiger partial charge in [0.2, 0.25) is 5.91 Å². The van der Waals surface area contributed by atoms with E-state index in [0.29, 0.717) is 16.4 Å². The standard InChI is InChI=1S/C17H18FN5O3S/c1-4-23-15(25)13-14(22(3)17(23)26)20-16(21(13)2)27-9-12(24)19-11-7-5-10(18)6-8-11/h5-8H,4,9H2,1-3H3,(H,19,24). The van der Waals surface area contributed by atoms with Gasteiger partial charge in [-0.25, -0.2) is 14.2 Å². The number of nitrogens with one attached hydrogen (secondary N) is 1. The number of anilines is 1. The number of hydrogen-bond donors (Lipinski definition) is 1. The van der Waals surface area contributed by atoms with E-state index >= 15 is 0 Å². The van der Waals surface area contributed by atoms with Crippen molar-refractivity contribution in [2.75, 3.05) is 11.1 Å². The second-order valence-electron chi connectivity index (χ2n) is 5.86. The number of imidazole rings is 1. The highest BCUT2D eigenvalue weighted by Gasteiger charge is 2.18. The van der Waals surface area contributed by atoms with E-state index in [2.05, 4.69) is 10.3 Å². The van der Waals surface area contributed by atoms with Gasteiger partial charge >= 0.3 is 5.69 Å². The number of aryl methyl sites for hydroxylation is 2. The van der Waals surface area contributed by atoms with E-state index in [4.69, 9.17) is 0 Å². The van der Waals surface area contributed by atoms with Gasteiger partial charge < -0.3 is 9.88 Å². The van der Waals surface area contributed by atoms with Crippen LogP contribution in [0, 0.1) is 5.82 Å². The van der Waals surface area contributed by atoms with Crippen LogP contribution in [0.5, 0.6) is 0 Å². The van der Waals surface area contributed by atoms with E-state index in [1.807, 2.05) is 0 Å². The highest BCUT2D eigenvalue weighted by molar-refractivity contribution is 7.99. The van der Waals surface area contributed by atoms with E-state index in [9.17, 15) is 18.8 Å². The molecule has 142 valence electrons. The van der Waals surface area contributed by atoms with Gasteiger partial charge in [-0.15, -0.1) is 0 Å². The number of nitrogens with zero attached hydrogens (tertiary/aromatic N) is 4. The molecule has 0 aliphatic heterocycles. The Kier molecular flexibility index (Phi) is 5.17. The first-order chi connectivity index (χ1) is 12.8. The van der Waals surface area contributed by atoms with Gasteiger partial charge in [0.25, 0.3) is 5.56 Å². The Hall–Kier alpha value is -2.88. The molecule has 0 aliphatic rings. The highest BCUT2D eigenvalue weighted by Crippen LogP contribution is 2.20. The average molecular weight is 391 g/mol. The molecule has 8 nitrogen and oxygen atoms in total. The van der Waals surface area contributed by atoms with Gasteiger partial charge in [0, 0.05) is 26.3 Å². The Balaban J connectivity index is 1.84. The fraction of sp³-hybridized carbons (Fsp3) is 0.294. The maximum Gasteiger partial charge on any atom is 0.332 e. The molecule has 2 heterocycles. The monoisotopic (exact) mass is 391 g/mol. The maximum absolute atomic E-state index is 12.9. The Morgan fingerprint density at radius 2 is 1.85 bits per heavy atom. The minimum absolute atomic E-state index is 0.0461. The largest absolute Gasteiger partial charge is 0.332 e. The van der Waals surface area contributed by atoms with Crippen LogP contribution < -0.4 is 16.6 Å². The summed E-state index contributed by atoms with van der Waals surface area (Å²) in [4.78, 5) is 41.2. The zero-order chi connectivity index (χ0) is 19.7. The van der Waals surface area contributed by atoms with E-state index in [1.165, 1.54) is 28.8 Å². The Morgan fingerprint density at radius 3 is 2.48 bits per heavy atom. The van der Waals surface area contributed by atoms with Crippen LogP contribution >= 0.6 is 11.8 Å². The highest BCUT2D eigenvalue weighted by atomic mass is 32.2. The first-order valence-electron chi connectivity index (χ1n) is 8.18. The van der Waals surface area contributed by atoms with Gasteiger partial charge in [0.05, 0.1) is 5.75 Å².